The largest absolute Gasteiger partial charge is 0.455 e. The summed E-state index contributed by atoms with van der Waals surface area (Å²) in [5.41, 5.74) is 17.7. The average Bonchev–Trinajstić information content (AvgIpc) is 3.92. The van der Waals surface area contributed by atoms with Gasteiger partial charge in [0.15, 0.2) is 0 Å². The van der Waals surface area contributed by atoms with Gasteiger partial charge in [-0.05, 0) is 87.0 Å². The van der Waals surface area contributed by atoms with E-state index in [1.165, 1.54) is 55.3 Å². The Hall–Kier alpha value is -8.53. The summed E-state index contributed by atoms with van der Waals surface area (Å²) in [6.07, 6.45) is 0. The second-order valence-electron chi connectivity index (χ2n) is 16.7. The number of aromatic nitrogens is 2. The normalized spacial score (nSPS) is 11.8. The van der Waals surface area contributed by atoms with Crippen molar-refractivity contribution < 1.29 is 4.42 Å². The molecule has 0 saturated heterocycles. The fraction of sp³-hybridized carbons (Fsp3) is 0. The van der Waals surface area contributed by atoms with Crippen LogP contribution in [0.2, 0.25) is 0 Å². The summed E-state index contributed by atoms with van der Waals surface area (Å²) < 4.78 is 9.05. The molecule has 3 aromatic heterocycles. The summed E-state index contributed by atoms with van der Waals surface area (Å²) in [6, 6.07) is 82.9. The fourth-order valence-corrected chi connectivity index (χ4v) is 9.83. The summed E-state index contributed by atoms with van der Waals surface area (Å²) in [5, 5.41) is 7.92. The molecular formula is C61H38N2O. The number of pyridine rings is 1. The fourth-order valence-electron chi connectivity index (χ4n) is 9.83. The number of hydrogen-bond acceptors (Lipinski definition) is 2. The molecule has 0 N–H and O–H groups in total. The maximum Gasteiger partial charge on any atom is 0.144 e. The maximum atomic E-state index is 6.62. The molecule has 0 unspecified atom stereocenters. The molecular weight excluding hydrogens is 777 g/mol. The molecule has 0 spiro atoms. The van der Waals surface area contributed by atoms with Gasteiger partial charge < -0.3 is 8.98 Å². The first-order chi connectivity index (χ1) is 31.7. The molecule has 0 atom stereocenters. The maximum absolute atomic E-state index is 6.62. The summed E-state index contributed by atoms with van der Waals surface area (Å²) in [7, 11) is 0. The standard InChI is InChI=1S/C61H38N2O/c1-3-11-39(12-4-1)41-19-23-43(24-20-41)46-29-33-49-50-34-30-47(44-25-21-42(22-26-44)40-13-5-2-6-14-40)38-57(50)63(56(49)37-46)48-31-27-45(28-32-48)60-54-36-35-52-51-15-8-10-18-58(51)64-61(52)59(54)53-16-7-9-17-55(53)62-60/h1-38H. The molecule has 3 nitrogen and oxygen atoms in total. The molecule has 0 radical (unpaired) electrons. The van der Waals surface area contributed by atoms with Gasteiger partial charge in [0.05, 0.1) is 22.2 Å². The summed E-state index contributed by atoms with van der Waals surface area (Å²) >= 11 is 0. The van der Waals surface area contributed by atoms with Crippen molar-refractivity contribution in [3.63, 3.8) is 0 Å². The van der Waals surface area contributed by atoms with E-state index in [0.29, 0.717) is 0 Å². The van der Waals surface area contributed by atoms with Gasteiger partial charge in [-0.25, -0.2) is 4.98 Å². The Morgan fingerprint density at radius 1 is 0.312 bits per heavy atom. The molecule has 0 aliphatic rings. The highest BCUT2D eigenvalue weighted by atomic mass is 16.3. The zero-order valence-electron chi connectivity index (χ0n) is 34.7. The monoisotopic (exact) mass is 814 g/mol. The summed E-state index contributed by atoms with van der Waals surface area (Å²) in [6.45, 7) is 0. The van der Waals surface area contributed by atoms with E-state index in [1.54, 1.807) is 0 Å². The van der Waals surface area contributed by atoms with Crippen molar-refractivity contribution in [1.29, 1.82) is 0 Å². The summed E-state index contributed by atoms with van der Waals surface area (Å²) in [4.78, 5) is 5.32. The van der Waals surface area contributed by atoms with Gasteiger partial charge in [0.2, 0.25) is 0 Å². The van der Waals surface area contributed by atoms with Crippen molar-refractivity contribution in [1.82, 2.24) is 9.55 Å². The van der Waals surface area contributed by atoms with Crippen LogP contribution in [0.1, 0.15) is 0 Å². The third-order valence-corrected chi connectivity index (χ3v) is 13.0. The lowest BCUT2D eigenvalue weighted by Gasteiger charge is -2.13. The van der Waals surface area contributed by atoms with Crippen LogP contribution in [-0.4, -0.2) is 9.55 Å². The van der Waals surface area contributed by atoms with Gasteiger partial charge in [0, 0.05) is 49.0 Å². The van der Waals surface area contributed by atoms with E-state index in [-0.39, 0.29) is 0 Å². The predicted molar refractivity (Wildman–Crippen MR) is 268 cm³/mol. The van der Waals surface area contributed by atoms with E-state index in [2.05, 4.69) is 223 Å². The number of para-hydroxylation sites is 2. The second-order valence-corrected chi connectivity index (χ2v) is 16.7. The molecule has 13 rings (SSSR count). The van der Waals surface area contributed by atoms with Gasteiger partial charge in [0.1, 0.15) is 11.2 Å². The minimum atomic E-state index is 0.891. The first-order valence-electron chi connectivity index (χ1n) is 21.9. The van der Waals surface area contributed by atoms with Gasteiger partial charge >= 0.3 is 0 Å². The van der Waals surface area contributed by atoms with E-state index in [0.717, 1.165) is 71.6 Å². The SMILES string of the molecule is c1ccc(-c2ccc(-c3ccc4c5ccc(-c6ccc(-c7ccccc7)cc6)cc5n(-c5ccc(-c6nc7ccccc7c7c6ccc6c8ccccc8oc67)cc5)c4c3)cc2)cc1. The number of nitrogens with zero attached hydrogens (tertiary/aromatic N) is 2. The van der Waals surface area contributed by atoms with E-state index in [4.69, 9.17) is 9.40 Å². The highest BCUT2D eigenvalue weighted by Gasteiger charge is 2.19. The number of hydrogen-bond donors (Lipinski definition) is 0. The molecule has 0 amide bonds. The topological polar surface area (TPSA) is 31.0 Å². The van der Waals surface area contributed by atoms with Crippen LogP contribution in [0.5, 0.6) is 0 Å². The van der Waals surface area contributed by atoms with Crippen LogP contribution in [-0.2, 0) is 0 Å². The lowest BCUT2D eigenvalue weighted by Crippen LogP contribution is -1.95. The number of rotatable bonds is 6. The van der Waals surface area contributed by atoms with Crippen LogP contribution >= 0.6 is 0 Å². The van der Waals surface area contributed by atoms with Gasteiger partial charge in [-0.1, -0.05) is 188 Å². The predicted octanol–water partition coefficient (Wildman–Crippen LogP) is 16.7. The molecule has 0 aliphatic carbocycles. The van der Waals surface area contributed by atoms with Crippen molar-refractivity contribution >= 4 is 65.4 Å². The number of fused-ring (bicyclic) bond motifs is 10. The van der Waals surface area contributed by atoms with E-state index < -0.39 is 0 Å². The van der Waals surface area contributed by atoms with E-state index in [9.17, 15) is 0 Å². The highest BCUT2D eigenvalue weighted by molar-refractivity contribution is 6.24. The minimum absolute atomic E-state index is 0.891. The molecule has 3 heterocycles. The van der Waals surface area contributed by atoms with Crippen LogP contribution in [0.25, 0.3) is 127 Å². The Bertz CT molecular complexity index is 3760. The Labute approximate surface area is 369 Å². The van der Waals surface area contributed by atoms with Gasteiger partial charge in [-0.3, -0.25) is 0 Å². The molecule has 0 bridgehead atoms. The molecule has 3 heteroatoms. The van der Waals surface area contributed by atoms with Gasteiger partial charge in [-0.2, -0.15) is 0 Å². The molecule has 64 heavy (non-hydrogen) atoms. The molecule has 13 aromatic rings. The van der Waals surface area contributed by atoms with E-state index in [1.807, 2.05) is 12.1 Å². The average molecular weight is 815 g/mol. The molecule has 0 fully saturated rings. The second kappa shape index (κ2) is 14.5. The third kappa shape index (κ3) is 5.86. The zero-order chi connectivity index (χ0) is 42.1. The molecule has 0 aliphatic heterocycles. The van der Waals surface area contributed by atoms with Crippen LogP contribution in [0.4, 0.5) is 0 Å². The molecule has 0 saturated carbocycles. The van der Waals surface area contributed by atoms with Crippen LogP contribution in [0, 0.1) is 0 Å². The quantitative estimate of drug-likeness (QED) is 0.157. The zero-order valence-corrected chi connectivity index (χ0v) is 34.7. The lowest BCUT2D eigenvalue weighted by atomic mass is 9.97. The smallest absolute Gasteiger partial charge is 0.144 e. The number of benzene rings is 10. The van der Waals surface area contributed by atoms with Crippen LogP contribution in [0.15, 0.2) is 235 Å². The van der Waals surface area contributed by atoms with Gasteiger partial charge in [0.25, 0.3) is 0 Å². The third-order valence-electron chi connectivity index (χ3n) is 13.0. The van der Waals surface area contributed by atoms with Crippen LogP contribution in [0.3, 0.4) is 0 Å². The Balaban J connectivity index is 0.971. The highest BCUT2D eigenvalue weighted by Crippen LogP contribution is 2.42. The first-order valence-corrected chi connectivity index (χ1v) is 21.9. The van der Waals surface area contributed by atoms with Crippen molar-refractivity contribution in [3.05, 3.63) is 231 Å². The van der Waals surface area contributed by atoms with Crippen LogP contribution < -0.4 is 0 Å². The van der Waals surface area contributed by atoms with Crippen molar-refractivity contribution in [3.8, 4) is 61.5 Å². The van der Waals surface area contributed by atoms with Crippen molar-refractivity contribution in [2.75, 3.05) is 0 Å². The molecule has 10 aromatic carbocycles. The van der Waals surface area contributed by atoms with E-state index >= 15 is 0 Å². The minimum Gasteiger partial charge on any atom is -0.455 e. The lowest BCUT2D eigenvalue weighted by molar-refractivity contribution is 0.673. The summed E-state index contributed by atoms with van der Waals surface area (Å²) in [5.74, 6) is 0. The number of furan rings is 1. The van der Waals surface area contributed by atoms with Crippen molar-refractivity contribution in [2.45, 2.75) is 0 Å². The van der Waals surface area contributed by atoms with Crippen molar-refractivity contribution in [2.24, 2.45) is 0 Å². The molecule has 298 valence electrons. The van der Waals surface area contributed by atoms with Gasteiger partial charge in [-0.15, -0.1) is 0 Å². The Kier molecular flexibility index (Phi) is 8.22. The Morgan fingerprint density at radius 2 is 0.750 bits per heavy atom. The first kappa shape index (κ1) is 36.2. The Morgan fingerprint density at radius 3 is 1.34 bits per heavy atom.